The number of hydrogen-bond acceptors (Lipinski definition) is 2. The summed E-state index contributed by atoms with van der Waals surface area (Å²) in [5, 5.41) is 0. The first-order valence-corrected chi connectivity index (χ1v) is 7.78. The third-order valence-electron chi connectivity index (χ3n) is 5.43. The molecule has 1 aliphatic heterocycles. The van der Waals surface area contributed by atoms with Crippen LogP contribution in [0, 0.1) is 5.92 Å². The standard InChI is InChI=1S/C17H26N2/c1-2-17(13-18,11-14-6-4-3-5-7-14)19-12-15-8-9-16(19)10-15/h3-7,15-16H,2,8-13,18H2,1H3. The third kappa shape index (κ3) is 2.32. The van der Waals surface area contributed by atoms with E-state index in [0.717, 1.165) is 31.3 Å². The van der Waals surface area contributed by atoms with Crippen LogP contribution in [0.4, 0.5) is 0 Å². The Bertz CT molecular complexity index is 411. The molecule has 3 atom stereocenters. The Balaban J connectivity index is 1.82. The fraction of sp³-hybridized carbons (Fsp3) is 0.647. The Morgan fingerprint density at radius 1 is 1.26 bits per heavy atom. The summed E-state index contributed by atoms with van der Waals surface area (Å²) in [5.41, 5.74) is 7.85. The lowest BCUT2D eigenvalue weighted by atomic mass is 9.85. The van der Waals surface area contributed by atoms with Crippen LogP contribution in [-0.4, -0.2) is 29.6 Å². The second-order valence-electron chi connectivity index (χ2n) is 6.43. The zero-order valence-electron chi connectivity index (χ0n) is 12.0. The zero-order chi connectivity index (χ0) is 13.3. The van der Waals surface area contributed by atoms with Crippen molar-refractivity contribution in [3.05, 3.63) is 35.9 Å². The van der Waals surface area contributed by atoms with Crippen LogP contribution in [0.1, 0.15) is 38.2 Å². The van der Waals surface area contributed by atoms with Gasteiger partial charge in [0.25, 0.3) is 0 Å². The molecule has 2 fully saturated rings. The molecular formula is C17H26N2. The molecule has 0 radical (unpaired) electrons. The maximum atomic E-state index is 6.24. The second-order valence-corrected chi connectivity index (χ2v) is 6.43. The normalized spacial score (nSPS) is 29.6. The van der Waals surface area contributed by atoms with E-state index in [4.69, 9.17) is 5.73 Å². The van der Waals surface area contributed by atoms with Crippen molar-refractivity contribution in [2.24, 2.45) is 11.7 Å². The molecule has 2 aliphatic rings. The highest BCUT2D eigenvalue weighted by molar-refractivity contribution is 5.19. The topological polar surface area (TPSA) is 29.3 Å². The minimum absolute atomic E-state index is 0.182. The van der Waals surface area contributed by atoms with Crippen LogP contribution in [0.25, 0.3) is 0 Å². The number of piperidine rings is 1. The summed E-state index contributed by atoms with van der Waals surface area (Å²) in [6.45, 7) is 4.37. The van der Waals surface area contributed by atoms with E-state index in [-0.39, 0.29) is 5.54 Å². The fourth-order valence-corrected chi connectivity index (χ4v) is 4.24. The van der Waals surface area contributed by atoms with Crippen molar-refractivity contribution in [3.63, 3.8) is 0 Å². The Kier molecular flexibility index (Phi) is 3.64. The van der Waals surface area contributed by atoms with Gasteiger partial charge in [0.05, 0.1) is 0 Å². The number of nitrogens with zero attached hydrogens (tertiary/aromatic N) is 1. The highest BCUT2D eigenvalue weighted by Gasteiger charge is 2.46. The number of nitrogens with two attached hydrogens (primary N) is 1. The summed E-state index contributed by atoms with van der Waals surface area (Å²) in [6.07, 6.45) is 6.50. The summed E-state index contributed by atoms with van der Waals surface area (Å²) < 4.78 is 0. The van der Waals surface area contributed by atoms with Gasteiger partial charge in [-0.05, 0) is 43.6 Å². The largest absolute Gasteiger partial charge is 0.329 e. The van der Waals surface area contributed by atoms with Gasteiger partial charge in [-0.3, -0.25) is 4.90 Å². The average Bonchev–Trinajstić information content (AvgIpc) is 3.09. The first-order chi connectivity index (χ1) is 9.27. The monoisotopic (exact) mass is 258 g/mol. The molecule has 1 saturated carbocycles. The highest BCUT2D eigenvalue weighted by Crippen LogP contribution is 2.43. The van der Waals surface area contributed by atoms with Crippen LogP contribution in [0.2, 0.25) is 0 Å². The maximum absolute atomic E-state index is 6.24. The first-order valence-electron chi connectivity index (χ1n) is 7.78. The van der Waals surface area contributed by atoms with Gasteiger partial charge in [-0.15, -0.1) is 0 Å². The molecule has 2 heteroatoms. The first kappa shape index (κ1) is 13.1. The molecule has 0 amide bonds. The number of hydrogen-bond donors (Lipinski definition) is 1. The van der Waals surface area contributed by atoms with Crippen LogP contribution in [0.15, 0.2) is 30.3 Å². The van der Waals surface area contributed by atoms with E-state index < -0.39 is 0 Å². The molecule has 2 N–H and O–H groups in total. The molecule has 104 valence electrons. The molecule has 1 aliphatic carbocycles. The van der Waals surface area contributed by atoms with E-state index in [1.807, 2.05) is 0 Å². The molecule has 3 unspecified atom stereocenters. The van der Waals surface area contributed by atoms with E-state index in [2.05, 4.69) is 42.2 Å². The van der Waals surface area contributed by atoms with E-state index >= 15 is 0 Å². The number of likely N-dealkylation sites (tertiary alicyclic amines) is 1. The number of rotatable bonds is 5. The smallest absolute Gasteiger partial charge is 0.0372 e. The van der Waals surface area contributed by atoms with Crippen LogP contribution in [0.3, 0.4) is 0 Å². The van der Waals surface area contributed by atoms with Crippen molar-refractivity contribution in [2.45, 2.75) is 50.6 Å². The number of benzene rings is 1. The Morgan fingerprint density at radius 2 is 2.05 bits per heavy atom. The minimum Gasteiger partial charge on any atom is -0.329 e. The van der Waals surface area contributed by atoms with Gasteiger partial charge < -0.3 is 5.73 Å². The van der Waals surface area contributed by atoms with E-state index in [1.54, 1.807) is 0 Å². The predicted octanol–water partition coefficient (Wildman–Crippen LogP) is 2.82. The van der Waals surface area contributed by atoms with Crippen LogP contribution < -0.4 is 5.73 Å². The maximum Gasteiger partial charge on any atom is 0.0372 e. The van der Waals surface area contributed by atoms with Gasteiger partial charge in [0.15, 0.2) is 0 Å². The van der Waals surface area contributed by atoms with Gasteiger partial charge in [-0.25, -0.2) is 0 Å². The molecule has 1 saturated heterocycles. The lowest BCUT2D eigenvalue weighted by Crippen LogP contribution is -2.57. The minimum atomic E-state index is 0.182. The average molecular weight is 258 g/mol. The van der Waals surface area contributed by atoms with Crippen LogP contribution >= 0.6 is 0 Å². The molecule has 0 aromatic heterocycles. The summed E-state index contributed by atoms with van der Waals surface area (Å²) >= 11 is 0. The van der Waals surface area contributed by atoms with Crippen LogP contribution in [-0.2, 0) is 6.42 Å². The van der Waals surface area contributed by atoms with Gasteiger partial charge in [0.1, 0.15) is 0 Å². The van der Waals surface area contributed by atoms with E-state index in [1.165, 1.54) is 31.4 Å². The predicted molar refractivity (Wildman–Crippen MR) is 80.1 cm³/mol. The van der Waals surface area contributed by atoms with Crippen molar-refractivity contribution in [3.8, 4) is 0 Å². The lowest BCUT2D eigenvalue weighted by Gasteiger charge is -2.45. The number of fused-ring (bicyclic) bond motifs is 2. The van der Waals surface area contributed by atoms with Crippen molar-refractivity contribution >= 4 is 0 Å². The quantitative estimate of drug-likeness (QED) is 0.880. The van der Waals surface area contributed by atoms with Gasteiger partial charge in [0, 0.05) is 24.7 Å². The Hall–Kier alpha value is -0.860. The third-order valence-corrected chi connectivity index (χ3v) is 5.43. The summed E-state index contributed by atoms with van der Waals surface area (Å²) in [4.78, 5) is 2.76. The second kappa shape index (κ2) is 5.26. The SMILES string of the molecule is CCC(CN)(Cc1ccccc1)N1CC2CCC1C2. The van der Waals surface area contributed by atoms with Crippen LogP contribution in [0.5, 0.6) is 0 Å². The molecule has 0 spiro atoms. The molecule has 19 heavy (non-hydrogen) atoms. The molecular weight excluding hydrogens is 232 g/mol. The van der Waals surface area contributed by atoms with Crippen molar-refractivity contribution in [2.75, 3.05) is 13.1 Å². The van der Waals surface area contributed by atoms with Crippen molar-refractivity contribution in [1.82, 2.24) is 4.90 Å². The lowest BCUT2D eigenvalue weighted by molar-refractivity contribution is 0.0566. The Labute approximate surface area is 117 Å². The summed E-state index contributed by atoms with van der Waals surface area (Å²) in [6, 6.07) is 11.7. The molecule has 1 aromatic rings. The summed E-state index contributed by atoms with van der Waals surface area (Å²) in [5.74, 6) is 0.943. The van der Waals surface area contributed by atoms with Crippen molar-refractivity contribution < 1.29 is 0 Å². The Morgan fingerprint density at radius 3 is 2.58 bits per heavy atom. The molecule has 3 rings (SSSR count). The summed E-state index contributed by atoms with van der Waals surface area (Å²) in [7, 11) is 0. The van der Waals surface area contributed by atoms with Gasteiger partial charge in [-0.2, -0.15) is 0 Å². The van der Waals surface area contributed by atoms with Gasteiger partial charge in [0.2, 0.25) is 0 Å². The molecule has 2 bridgehead atoms. The molecule has 1 aromatic carbocycles. The van der Waals surface area contributed by atoms with Gasteiger partial charge in [-0.1, -0.05) is 37.3 Å². The van der Waals surface area contributed by atoms with Gasteiger partial charge >= 0.3 is 0 Å². The van der Waals surface area contributed by atoms with E-state index in [0.29, 0.717) is 0 Å². The van der Waals surface area contributed by atoms with Crippen molar-refractivity contribution in [1.29, 1.82) is 0 Å². The zero-order valence-corrected chi connectivity index (χ0v) is 12.0. The molecule has 1 heterocycles. The van der Waals surface area contributed by atoms with E-state index in [9.17, 15) is 0 Å². The highest BCUT2D eigenvalue weighted by atomic mass is 15.3. The fourth-order valence-electron chi connectivity index (χ4n) is 4.24. The molecule has 2 nitrogen and oxygen atoms in total.